The van der Waals surface area contributed by atoms with Crippen molar-refractivity contribution in [2.45, 2.75) is 6.92 Å². The molecule has 5 heteroatoms. The molecule has 0 aliphatic rings. The van der Waals surface area contributed by atoms with Gasteiger partial charge in [0.2, 0.25) is 5.43 Å². The van der Waals surface area contributed by atoms with Crippen molar-refractivity contribution in [3.8, 4) is 5.69 Å². The van der Waals surface area contributed by atoms with Crippen LogP contribution in [-0.4, -0.2) is 16.1 Å². The lowest BCUT2D eigenvalue weighted by atomic mass is 10.3. The molecule has 0 bridgehead atoms. The van der Waals surface area contributed by atoms with Gasteiger partial charge in [-0.1, -0.05) is 6.07 Å². The van der Waals surface area contributed by atoms with E-state index in [0.717, 1.165) is 0 Å². The maximum absolute atomic E-state index is 13.1. The Morgan fingerprint density at radius 1 is 1.35 bits per heavy atom. The molecule has 1 heterocycles. The smallest absolute Gasteiger partial charge is 0.211 e. The summed E-state index contributed by atoms with van der Waals surface area (Å²) in [6.45, 7) is 1.66. The van der Waals surface area contributed by atoms with Crippen molar-refractivity contribution in [3.05, 3.63) is 57.8 Å². The number of halogens is 1. The summed E-state index contributed by atoms with van der Waals surface area (Å²) in [6.07, 6.45) is 0.386. The SMILES string of the molecule is Cc1cc(=O)c(C=O)nn1-c1cccc(F)c1. The van der Waals surface area contributed by atoms with E-state index >= 15 is 0 Å². The molecule has 0 radical (unpaired) electrons. The van der Waals surface area contributed by atoms with Gasteiger partial charge in [0.15, 0.2) is 12.0 Å². The number of aryl methyl sites for hydroxylation is 1. The zero-order valence-electron chi connectivity index (χ0n) is 9.05. The van der Waals surface area contributed by atoms with Crippen LogP contribution in [0.5, 0.6) is 0 Å². The molecule has 2 rings (SSSR count). The van der Waals surface area contributed by atoms with Crippen LogP contribution in [0.4, 0.5) is 4.39 Å². The van der Waals surface area contributed by atoms with Crippen LogP contribution in [0, 0.1) is 12.7 Å². The Hall–Kier alpha value is -2.30. The summed E-state index contributed by atoms with van der Waals surface area (Å²) < 4.78 is 14.4. The minimum Gasteiger partial charge on any atom is -0.296 e. The van der Waals surface area contributed by atoms with Gasteiger partial charge < -0.3 is 0 Å². The van der Waals surface area contributed by atoms with Crippen molar-refractivity contribution in [3.63, 3.8) is 0 Å². The van der Waals surface area contributed by atoms with E-state index < -0.39 is 11.2 Å². The standard InChI is InChI=1S/C12H9FN2O2/c1-8-5-12(17)11(7-16)14-15(8)10-4-2-3-9(13)6-10/h2-7H,1H3. The van der Waals surface area contributed by atoms with E-state index in [9.17, 15) is 14.0 Å². The molecule has 0 saturated heterocycles. The minimum absolute atomic E-state index is 0.195. The average Bonchev–Trinajstić information content (AvgIpc) is 2.29. The fraction of sp³-hybridized carbons (Fsp3) is 0.0833. The quantitative estimate of drug-likeness (QED) is 0.737. The van der Waals surface area contributed by atoms with Gasteiger partial charge in [-0.15, -0.1) is 0 Å². The molecule has 2 aromatic rings. The summed E-state index contributed by atoms with van der Waals surface area (Å²) in [5.41, 5.74) is 0.363. The topological polar surface area (TPSA) is 52.0 Å². The molecule has 0 atom stereocenters. The molecule has 1 aromatic carbocycles. The number of nitrogens with zero attached hydrogens (tertiary/aromatic N) is 2. The van der Waals surface area contributed by atoms with Gasteiger partial charge in [0, 0.05) is 11.8 Å². The van der Waals surface area contributed by atoms with Crippen LogP contribution < -0.4 is 5.43 Å². The van der Waals surface area contributed by atoms with Crippen molar-refractivity contribution in [2.24, 2.45) is 0 Å². The molecule has 0 saturated carbocycles. The lowest BCUT2D eigenvalue weighted by molar-refractivity contribution is 0.111. The predicted molar refractivity (Wildman–Crippen MR) is 59.9 cm³/mol. The molecule has 0 N–H and O–H groups in total. The van der Waals surface area contributed by atoms with Gasteiger partial charge in [0.25, 0.3) is 0 Å². The Kier molecular flexibility index (Phi) is 2.82. The van der Waals surface area contributed by atoms with Crippen LogP contribution in [0.2, 0.25) is 0 Å². The second-order valence-electron chi connectivity index (χ2n) is 3.54. The zero-order chi connectivity index (χ0) is 12.4. The van der Waals surface area contributed by atoms with Crippen molar-refractivity contribution in [2.75, 3.05) is 0 Å². The van der Waals surface area contributed by atoms with Gasteiger partial charge in [-0.05, 0) is 25.1 Å². The monoisotopic (exact) mass is 232 g/mol. The molecular weight excluding hydrogens is 223 g/mol. The summed E-state index contributed by atoms with van der Waals surface area (Å²) >= 11 is 0. The average molecular weight is 232 g/mol. The number of aldehydes is 1. The van der Waals surface area contributed by atoms with Crippen molar-refractivity contribution >= 4 is 6.29 Å². The fourth-order valence-electron chi connectivity index (χ4n) is 1.51. The lowest BCUT2D eigenvalue weighted by Crippen LogP contribution is -2.18. The first-order valence-electron chi connectivity index (χ1n) is 4.94. The van der Waals surface area contributed by atoms with Gasteiger partial charge >= 0.3 is 0 Å². The van der Waals surface area contributed by atoms with E-state index in [1.807, 2.05) is 0 Å². The third-order valence-electron chi connectivity index (χ3n) is 2.30. The van der Waals surface area contributed by atoms with E-state index in [1.54, 1.807) is 13.0 Å². The first kappa shape index (κ1) is 11.2. The van der Waals surface area contributed by atoms with E-state index in [0.29, 0.717) is 17.7 Å². The highest BCUT2D eigenvalue weighted by atomic mass is 19.1. The number of carbonyl (C=O) groups excluding carboxylic acids is 1. The van der Waals surface area contributed by atoms with E-state index in [2.05, 4.69) is 5.10 Å². The number of rotatable bonds is 2. The van der Waals surface area contributed by atoms with Crippen LogP contribution >= 0.6 is 0 Å². The molecule has 4 nitrogen and oxygen atoms in total. The highest BCUT2D eigenvalue weighted by Crippen LogP contribution is 2.10. The van der Waals surface area contributed by atoms with Crippen molar-refractivity contribution < 1.29 is 9.18 Å². The summed E-state index contributed by atoms with van der Waals surface area (Å²) in [4.78, 5) is 22.0. The van der Waals surface area contributed by atoms with Gasteiger partial charge in [-0.25, -0.2) is 9.07 Å². The molecule has 86 valence electrons. The maximum Gasteiger partial charge on any atom is 0.211 e. The van der Waals surface area contributed by atoms with Gasteiger partial charge in [-0.3, -0.25) is 9.59 Å². The van der Waals surface area contributed by atoms with Crippen molar-refractivity contribution in [1.29, 1.82) is 0 Å². The maximum atomic E-state index is 13.1. The molecule has 0 amide bonds. The molecule has 17 heavy (non-hydrogen) atoms. The molecule has 0 unspecified atom stereocenters. The largest absolute Gasteiger partial charge is 0.296 e. The molecule has 0 spiro atoms. The molecular formula is C12H9FN2O2. The molecule has 0 aliphatic heterocycles. The van der Waals surface area contributed by atoms with Crippen LogP contribution in [0.3, 0.4) is 0 Å². The van der Waals surface area contributed by atoms with Crippen LogP contribution in [0.25, 0.3) is 5.69 Å². The Labute approximate surface area is 96.3 Å². The molecule has 1 aromatic heterocycles. The number of carbonyl (C=O) groups is 1. The summed E-state index contributed by atoms with van der Waals surface area (Å²) in [5.74, 6) is -0.407. The Balaban J connectivity index is 2.67. The second kappa shape index (κ2) is 4.29. The summed E-state index contributed by atoms with van der Waals surface area (Å²) in [5, 5.41) is 3.87. The number of hydrogen-bond donors (Lipinski definition) is 0. The molecule has 0 fully saturated rings. The lowest BCUT2D eigenvalue weighted by Gasteiger charge is -2.09. The van der Waals surface area contributed by atoms with E-state index in [1.165, 1.54) is 28.9 Å². The van der Waals surface area contributed by atoms with Crippen LogP contribution in [0.15, 0.2) is 35.1 Å². The molecule has 0 aliphatic carbocycles. The van der Waals surface area contributed by atoms with E-state index in [4.69, 9.17) is 0 Å². The Morgan fingerprint density at radius 3 is 2.76 bits per heavy atom. The zero-order valence-corrected chi connectivity index (χ0v) is 9.05. The van der Waals surface area contributed by atoms with Crippen LogP contribution in [0.1, 0.15) is 16.2 Å². The second-order valence-corrected chi connectivity index (χ2v) is 3.54. The third kappa shape index (κ3) is 2.13. The van der Waals surface area contributed by atoms with Crippen LogP contribution in [-0.2, 0) is 0 Å². The normalized spacial score (nSPS) is 10.2. The summed E-state index contributed by atoms with van der Waals surface area (Å²) in [6, 6.07) is 7.05. The van der Waals surface area contributed by atoms with Gasteiger partial charge in [0.1, 0.15) is 5.82 Å². The predicted octanol–water partition coefficient (Wildman–Crippen LogP) is 1.49. The number of benzene rings is 1. The minimum atomic E-state index is -0.440. The first-order valence-corrected chi connectivity index (χ1v) is 4.94. The Morgan fingerprint density at radius 2 is 2.12 bits per heavy atom. The van der Waals surface area contributed by atoms with Gasteiger partial charge in [-0.2, -0.15) is 5.10 Å². The fourth-order valence-corrected chi connectivity index (χ4v) is 1.51. The first-order chi connectivity index (χ1) is 8.11. The third-order valence-corrected chi connectivity index (χ3v) is 2.30. The van der Waals surface area contributed by atoms with Gasteiger partial charge in [0.05, 0.1) is 5.69 Å². The summed E-state index contributed by atoms with van der Waals surface area (Å²) in [7, 11) is 0. The highest BCUT2D eigenvalue weighted by molar-refractivity contribution is 5.71. The highest BCUT2D eigenvalue weighted by Gasteiger charge is 2.06. The number of aromatic nitrogens is 2. The van der Waals surface area contributed by atoms with E-state index in [-0.39, 0.29) is 5.69 Å². The Bertz CT molecular complexity index is 635. The number of hydrogen-bond acceptors (Lipinski definition) is 3. The van der Waals surface area contributed by atoms with Crippen molar-refractivity contribution in [1.82, 2.24) is 9.78 Å².